The molecule has 3 aliphatic rings. The molecule has 3 saturated heterocycles. The highest BCUT2D eigenvalue weighted by Gasteiger charge is 2.50. The topological polar surface area (TPSA) is 94.9 Å². The van der Waals surface area contributed by atoms with E-state index < -0.39 is 19.5 Å². The van der Waals surface area contributed by atoms with E-state index in [0.29, 0.717) is 13.8 Å². The zero-order chi connectivity index (χ0) is 20.4. The fraction of sp³-hybridized carbons (Fsp3) is 1.00. The van der Waals surface area contributed by atoms with Crippen molar-refractivity contribution in [3.05, 3.63) is 10.4 Å². The predicted molar refractivity (Wildman–Crippen MR) is 105 cm³/mol. The summed E-state index contributed by atoms with van der Waals surface area (Å²) in [7, 11) is -0.344. The van der Waals surface area contributed by atoms with Gasteiger partial charge in [-0.05, 0) is 30.5 Å². The van der Waals surface area contributed by atoms with Gasteiger partial charge >= 0.3 is 7.17 Å². The van der Waals surface area contributed by atoms with Gasteiger partial charge in [-0.3, -0.25) is 0 Å². The number of rotatable bonds is 7. The quantitative estimate of drug-likeness (QED) is 0.208. The van der Waals surface area contributed by atoms with Crippen molar-refractivity contribution in [2.45, 2.75) is 64.6 Å². The normalized spacial score (nSPS) is 47.3. The molecule has 0 amide bonds. The summed E-state index contributed by atoms with van der Waals surface area (Å²) in [5, 5.41) is 3.98. The highest BCUT2D eigenvalue weighted by atomic mass is 32.4. The lowest BCUT2D eigenvalue weighted by Gasteiger charge is -2.46. The first-order chi connectivity index (χ1) is 13.4. The van der Waals surface area contributed by atoms with Crippen LogP contribution < -0.4 is 0 Å². The van der Waals surface area contributed by atoms with E-state index in [1.165, 1.54) is 0 Å². The molecule has 10 atom stereocenters. The second-order valence-electron chi connectivity index (χ2n) is 7.70. The van der Waals surface area contributed by atoms with E-state index in [2.05, 4.69) is 23.9 Å². The molecule has 11 heteroatoms. The van der Waals surface area contributed by atoms with Crippen LogP contribution in [0.5, 0.6) is 0 Å². The van der Waals surface area contributed by atoms with Gasteiger partial charge in [0.05, 0.1) is 31.5 Å². The molecule has 0 aromatic rings. The van der Waals surface area contributed by atoms with E-state index in [1.54, 1.807) is 0 Å². The Morgan fingerprint density at radius 1 is 1.26 bits per heavy atom. The molecule has 2 bridgehead atoms. The smallest absolute Gasteiger partial charge is 0.346 e. The zero-order valence-corrected chi connectivity index (χ0v) is 17.7. The third-order valence-corrected chi connectivity index (χ3v) is 6.77. The van der Waals surface area contributed by atoms with Gasteiger partial charge in [-0.1, -0.05) is 44.6 Å². The summed E-state index contributed by atoms with van der Waals surface area (Å²) in [6.07, 6.45) is -1.55. The van der Waals surface area contributed by atoms with Crippen LogP contribution in [0.15, 0.2) is 5.11 Å². The van der Waals surface area contributed by atoms with Gasteiger partial charge in [0.25, 0.3) is 0 Å². The number of nitrogens with zero attached hydrogens (tertiary/aromatic N) is 3. The molecule has 0 radical (unpaired) electrons. The van der Waals surface area contributed by atoms with E-state index in [1.807, 2.05) is 13.8 Å². The Morgan fingerprint density at radius 3 is 2.74 bits per heavy atom. The first kappa shape index (κ1) is 20.0. The van der Waals surface area contributed by atoms with Gasteiger partial charge in [0.2, 0.25) is 0 Å². The van der Waals surface area contributed by atoms with Crippen molar-refractivity contribution in [1.29, 1.82) is 1.34 Å². The average molecular weight is 416 g/mol. The molecule has 0 N–H and O–H groups in total. The number of azide groups is 1. The van der Waals surface area contributed by atoms with Crippen molar-refractivity contribution < 1.29 is 23.6 Å². The SMILES string of the molecule is [2H]B(OCC1O[C@H](O[C@@H]2C3CO[C@H](O3)C(C)[C@H]2C)C(N=[N+]=[N-])[C@@H](C)[C@@H]1C)P=S. The number of hydrogen-bond donors (Lipinski definition) is 0. The van der Waals surface area contributed by atoms with Crippen molar-refractivity contribution in [3.63, 3.8) is 0 Å². The van der Waals surface area contributed by atoms with Crippen LogP contribution in [0.4, 0.5) is 0 Å². The van der Waals surface area contributed by atoms with Crippen molar-refractivity contribution in [2.75, 3.05) is 13.2 Å². The average Bonchev–Trinajstić information content (AvgIpc) is 3.14. The Kier molecular flexibility index (Phi) is 7.00. The minimum Gasteiger partial charge on any atom is -0.427 e. The second kappa shape index (κ2) is 9.46. The summed E-state index contributed by atoms with van der Waals surface area (Å²) in [6, 6.07) is -0.456. The van der Waals surface area contributed by atoms with Crippen molar-refractivity contribution in [2.24, 2.45) is 28.8 Å². The van der Waals surface area contributed by atoms with Crippen LogP contribution in [-0.4, -0.2) is 58.6 Å². The lowest BCUT2D eigenvalue weighted by molar-refractivity contribution is -0.285. The molecular weight excluding hydrogens is 388 g/mol. The summed E-state index contributed by atoms with van der Waals surface area (Å²) >= 11 is 4.85. The highest BCUT2D eigenvalue weighted by Crippen LogP contribution is 2.41. The Bertz CT molecular complexity index is 621. The molecule has 0 spiro atoms. The molecule has 8 nitrogen and oxygen atoms in total. The minimum atomic E-state index is -0.782. The molecule has 0 aromatic heterocycles. The van der Waals surface area contributed by atoms with Crippen molar-refractivity contribution in [1.82, 2.24) is 0 Å². The van der Waals surface area contributed by atoms with Gasteiger partial charge < -0.3 is 23.6 Å². The number of ether oxygens (including phenoxy) is 4. The van der Waals surface area contributed by atoms with E-state index in [9.17, 15) is 0 Å². The Labute approximate surface area is 168 Å². The lowest BCUT2D eigenvalue weighted by Crippen LogP contribution is -2.55. The molecule has 0 aliphatic carbocycles. The van der Waals surface area contributed by atoms with E-state index in [0.717, 1.165) is 0 Å². The van der Waals surface area contributed by atoms with E-state index in [4.69, 9.17) is 42.3 Å². The predicted octanol–water partition coefficient (Wildman–Crippen LogP) is 2.77. The largest absolute Gasteiger partial charge is 0.427 e. The molecule has 3 rings (SSSR count). The molecule has 3 fully saturated rings. The van der Waals surface area contributed by atoms with Crippen LogP contribution in [0, 0.1) is 23.7 Å². The minimum absolute atomic E-state index is 0.0262. The monoisotopic (exact) mass is 416 g/mol. The maximum absolute atomic E-state index is 9.06. The van der Waals surface area contributed by atoms with Crippen molar-refractivity contribution in [3.8, 4) is 0 Å². The van der Waals surface area contributed by atoms with Gasteiger partial charge in [0, 0.05) is 12.2 Å². The molecule has 0 aromatic carbocycles. The third-order valence-electron chi connectivity index (χ3n) is 6.27. The molecule has 27 heavy (non-hydrogen) atoms. The van der Waals surface area contributed by atoms with Crippen LogP contribution in [0.25, 0.3) is 10.4 Å². The molecule has 3 heterocycles. The Hall–Kier alpha value is -0.305. The third kappa shape index (κ3) is 4.49. The lowest BCUT2D eigenvalue weighted by atomic mass is 9.82. The van der Waals surface area contributed by atoms with Gasteiger partial charge in [-0.2, -0.15) is 0 Å². The Morgan fingerprint density at radius 2 is 2.04 bits per heavy atom. The van der Waals surface area contributed by atoms with E-state index >= 15 is 0 Å². The highest BCUT2D eigenvalue weighted by molar-refractivity contribution is 8.08. The van der Waals surface area contributed by atoms with Crippen LogP contribution in [-0.2, 0) is 35.4 Å². The first-order valence-electron chi connectivity index (χ1n) is 9.93. The van der Waals surface area contributed by atoms with Crippen LogP contribution in [0.2, 0.25) is 0 Å². The molecular formula is C16H27BN3O5PS. The number of fused-ring (bicyclic) bond motifs is 2. The van der Waals surface area contributed by atoms with E-state index in [-0.39, 0.29) is 54.9 Å². The van der Waals surface area contributed by atoms with Crippen molar-refractivity contribution >= 4 is 26.2 Å². The summed E-state index contributed by atoms with van der Waals surface area (Å²) in [5.74, 6) is 0.499. The summed E-state index contributed by atoms with van der Waals surface area (Å²) in [6.45, 7) is 9.00. The first-order valence-corrected chi connectivity index (χ1v) is 11.3. The summed E-state index contributed by atoms with van der Waals surface area (Å²) in [5.41, 5.74) is 9.06. The molecule has 3 aliphatic heterocycles. The van der Waals surface area contributed by atoms with Gasteiger partial charge in [0.1, 0.15) is 6.10 Å². The molecule has 150 valence electrons. The van der Waals surface area contributed by atoms with Gasteiger partial charge in [-0.25, -0.2) is 0 Å². The molecule has 0 saturated carbocycles. The fourth-order valence-electron chi connectivity index (χ4n) is 4.11. The van der Waals surface area contributed by atoms with Crippen LogP contribution >= 0.6 is 7.23 Å². The number of hydrogen-bond acceptors (Lipinski definition) is 7. The standard InChI is InChI=1S/C16H27BN3O5PS/c1-7-8(2)13(19-20-18)16(23-11(7)6-22-17-26-27)25-14-9(3)10(4)15-21-5-12(14)24-15/h7-17H,5-6H2,1-4H3/t7-,8-,9+,10?,11?,12?,13?,14-,15+,16+/m0/s1/i17D. The Balaban J connectivity index is 1.75. The summed E-state index contributed by atoms with van der Waals surface area (Å²) in [4.78, 5) is 3.01. The van der Waals surface area contributed by atoms with Crippen LogP contribution in [0.1, 0.15) is 27.7 Å². The maximum Gasteiger partial charge on any atom is 0.346 e. The molecule has 4 unspecified atom stereocenters. The fourth-order valence-corrected chi connectivity index (χ4v) is 4.44. The van der Waals surface area contributed by atoms with Gasteiger partial charge in [0.15, 0.2) is 12.6 Å². The van der Waals surface area contributed by atoms with Crippen LogP contribution in [0.3, 0.4) is 0 Å². The summed E-state index contributed by atoms with van der Waals surface area (Å²) < 4.78 is 37.4. The second-order valence-corrected chi connectivity index (χ2v) is 8.75. The van der Waals surface area contributed by atoms with Gasteiger partial charge in [-0.15, -0.1) is 0 Å². The zero-order valence-electron chi connectivity index (χ0n) is 17.0. The maximum atomic E-state index is 9.06.